The van der Waals surface area contributed by atoms with Gasteiger partial charge in [0.15, 0.2) is 5.83 Å². The Morgan fingerprint density at radius 2 is 2.08 bits per heavy atom. The Balaban J connectivity index is 4.17. The lowest BCUT2D eigenvalue weighted by Gasteiger charge is -2.12. The molecule has 0 aliphatic rings. The molecule has 0 amide bonds. The van der Waals surface area contributed by atoms with Crippen LogP contribution in [0, 0.1) is 0 Å². The van der Waals surface area contributed by atoms with Crippen molar-refractivity contribution in [3.05, 3.63) is 24.6 Å². The Labute approximate surface area is 73.6 Å². The van der Waals surface area contributed by atoms with Gasteiger partial charge in [-0.3, -0.25) is 0 Å². The van der Waals surface area contributed by atoms with Crippen molar-refractivity contribution in [3.8, 4) is 0 Å². The van der Waals surface area contributed by atoms with Crippen LogP contribution in [-0.2, 0) is 0 Å². The van der Waals surface area contributed by atoms with Crippen molar-refractivity contribution in [2.45, 2.75) is 24.8 Å². The second-order valence-electron chi connectivity index (χ2n) is 2.49. The topological polar surface area (TPSA) is 0 Å². The molecule has 0 spiro atoms. The lowest BCUT2D eigenvalue weighted by Crippen LogP contribution is -2.16. The Hall–Kier alpha value is -0.513. The largest absolute Gasteiger partial charge is 0.298 e. The molecule has 0 bridgehead atoms. The predicted molar refractivity (Wildman–Crippen MR) is 48.3 cm³/mol. The van der Waals surface area contributed by atoms with E-state index in [1.807, 2.05) is 0 Å². The number of hydrogen-bond acceptors (Lipinski definition) is 0. The van der Waals surface area contributed by atoms with Crippen LogP contribution >= 0.6 is 0 Å². The Kier molecular flexibility index (Phi) is 4.97. The third-order valence-electron chi connectivity index (χ3n) is 1.40. The molecular weight excluding hydrogens is 181 g/mol. The van der Waals surface area contributed by atoms with Crippen molar-refractivity contribution in [2.24, 2.45) is 0 Å². The molecule has 0 aromatic rings. The molecular formula is C8H13F3Si. The minimum atomic E-state index is -3.29. The van der Waals surface area contributed by atoms with Crippen LogP contribution < -0.4 is 0 Å². The van der Waals surface area contributed by atoms with Gasteiger partial charge in [0.05, 0.1) is 0 Å². The van der Waals surface area contributed by atoms with Crippen LogP contribution in [0.1, 0.15) is 12.8 Å². The summed E-state index contributed by atoms with van der Waals surface area (Å²) in [5.41, 5.74) is 0. The van der Waals surface area contributed by atoms with Gasteiger partial charge in [0.1, 0.15) is 0 Å². The zero-order chi connectivity index (χ0) is 9.61. The Bertz CT molecular complexity index is 175. The number of rotatable bonds is 5. The summed E-state index contributed by atoms with van der Waals surface area (Å²) < 4.78 is 38.0. The van der Waals surface area contributed by atoms with Crippen molar-refractivity contribution >= 4 is 10.2 Å². The van der Waals surface area contributed by atoms with E-state index in [1.165, 1.54) is 6.08 Å². The summed E-state index contributed by atoms with van der Waals surface area (Å²) in [7, 11) is 0.706. The van der Waals surface area contributed by atoms with E-state index in [2.05, 4.69) is 6.58 Å². The van der Waals surface area contributed by atoms with Crippen LogP contribution in [-0.4, -0.2) is 16.2 Å². The molecule has 0 atom stereocenters. The van der Waals surface area contributed by atoms with E-state index >= 15 is 0 Å². The number of alkyl halides is 2. The van der Waals surface area contributed by atoms with Crippen molar-refractivity contribution in [3.63, 3.8) is 0 Å². The van der Waals surface area contributed by atoms with Gasteiger partial charge in [0.25, 0.3) is 5.92 Å². The molecule has 4 heteroatoms. The first-order valence-corrected chi connectivity index (χ1v) is 5.31. The summed E-state index contributed by atoms with van der Waals surface area (Å²) in [6.07, 6.45) is 1.98. The van der Waals surface area contributed by atoms with E-state index in [0.717, 1.165) is 6.08 Å². The van der Waals surface area contributed by atoms with Crippen molar-refractivity contribution in [1.82, 2.24) is 0 Å². The second kappa shape index (κ2) is 5.19. The molecule has 70 valence electrons. The smallest absolute Gasteiger partial charge is 0.206 e. The Morgan fingerprint density at radius 1 is 1.50 bits per heavy atom. The monoisotopic (exact) mass is 194 g/mol. The fourth-order valence-electron chi connectivity index (χ4n) is 0.731. The zero-order valence-electron chi connectivity index (χ0n) is 7.12. The van der Waals surface area contributed by atoms with Gasteiger partial charge in [-0.25, -0.2) is 4.39 Å². The van der Waals surface area contributed by atoms with Crippen LogP contribution in [0.25, 0.3) is 0 Å². The SMILES string of the molecule is C=CCCC(F)(F)C(F)=CC[SiH3]. The van der Waals surface area contributed by atoms with Gasteiger partial charge < -0.3 is 0 Å². The van der Waals surface area contributed by atoms with Crippen LogP contribution in [0.4, 0.5) is 13.2 Å². The first-order chi connectivity index (χ1) is 5.54. The lowest BCUT2D eigenvalue weighted by molar-refractivity contribution is 0.0104. The molecule has 0 aromatic carbocycles. The summed E-state index contributed by atoms with van der Waals surface area (Å²) in [6.45, 7) is 3.30. The van der Waals surface area contributed by atoms with E-state index in [0.29, 0.717) is 16.3 Å². The molecule has 0 aromatic heterocycles. The van der Waals surface area contributed by atoms with Crippen LogP contribution in [0.5, 0.6) is 0 Å². The molecule has 0 saturated heterocycles. The standard InChI is InChI=1S/C8H13F3Si/c1-2-3-5-8(10,11)7(9)4-6-12/h2,4H,1,3,5-6H2,12H3. The van der Waals surface area contributed by atoms with Crippen molar-refractivity contribution < 1.29 is 13.2 Å². The highest BCUT2D eigenvalue weighted by Gasteiger charge is 2.33. The molecule has 0 aliphatic carbocycles. The number of halogens is 3. The minimum Gasteiger partial charge on any atom is -0.206 e. The molecule has 0 fully saturated rings. The summed E-state index contributed by atoms with van der Waals surface area (Å²) in [4.78, 5) is 0. The minimum absolute atomic E-state index is 0.134. The predicted octanol–water partition coefficient (Wildman–Crippen LogP) is 2.23. The van der Waals surface area contributed by atoms with E-state index in [-0.39, 0.29) is 6.42 Å². The van der Waals surface area contributed by atoms with Crippen molar-refractivity contribution in [2.75, 3.05) is 0 Å². The molecule has 12 heavy (non-hydrogen) atoms. The maximum atomic E-state index is 12.7. The van der Waals surface area contributed by atoms with E-state index in [9.17, 15) is 13.2 Å². The number of allylic oxidation sites excluding steroid dienone is 3. The van der Waals surface area contributed by atoms with Gasteiger partial charge in [-0.2, -0.15) is 8.78 Å². The van der Waals surface area contributed by atoms with Crippen LogP contribution in [0.15, 0.2) is 24.6 Å². The van der Waals surface area contributed by atoms with Crippen molar-refractivity contribution in [1.29, 1.82) is 0 Å². The fraction of sp³-hybridized carbons (Fsp3) is 0.500. The third kappa shape index (κ3) is 3.76. The lowest BCUT2D eigenvalue weighted by atomic mass is 10.1. The molecule has 0 rings (SSSR count). The van der Waals surface area contributed by atoms with Crippen LogP contribution in [0.3, 0.4) is 0 Å². The van der Waals surface area contributed by atoms with Gasteiger partial charge in [0.2, 0.25) is 0 Å². The molecule has 0 nitrogen and oxygen atoms in total. The molecule has 0 radical (unpaired) electrons. The molecule has 0 N–H and O–H groups in total. The fourth-order valence-corrected chi connectivity index (χ4v) is 1.09. The molecule has 0 unspecified atom stereocenters. The summed E-state index contributed by atoms with van der Waals surface area (Å²) in [5, 5.41) is 0. The summed E-state index contributed by atoms with van der Waals surface area (Å²) in [6, 6.07) is 0.426. The highest BCUT2D eigenvalue weighted by molar-refractivity contribution is 6.09. The summed E-state index contributed by atoms with van der Waals surface area (Å²) in [5.74, 6) is -4.59. The molecule has 0 saturated carbocycles. The van der Waals surface area contributed by atoms with Gasteiger partial charge in [0, 0.05) is 16.7 Å². The molecule has 0 aliphatic heterocycles. The molecule has 0 heterocycles. The highest BCUT2D eigenvalue weighted by atomic mass is 28.1. The van der Waals surface area contributed by atoms with Gasteiger partial charge in [-0.05, 0) is 12.5 Å². The second-order valence-corrected chi connectivity index (χ2v) is 3.31. The maximum absolute atomic E-state index is 12.7. The normalized spacial score (nSPS) is 13.4. The average Bonchev–Trinajstić information content (AvgIpc) is 2.01. The Morgan fingerprint density at radius 3 is 2.50 bits per heavy atom. The van der Waals surface area contributed by atoms with Gasteiger partial charge >= 0.3 is 0 Å². The number of hydrogen-bond donors (Lipinski definition) is 0. The van der Waals surface area contributed by atoms with Crippen LogP contribution in [0.2, 0.25) is 6.04 Å². The quantitative estimate of drug-likeness (QED) is 0.465. The van der Waals surface area contributed by atoms with E-state index in [1.54, 1.807) is 0 Å². The highest BCUT2D eigenvalue weighted by Crippen LogP contribution is 2.30. The maximum Gasteiger partial charge on any atom is 0.298 e. The first kappa shape index (κ1) is 11.5. The average molecular weight is 194 g/mol. The third-order valence-corrected chi connectivity index (χ3v) is 1.80. The van der Waals surface area contributed by atoms with Gasteiger partial charge in [-0.1, -0.05) is 12.2 Å². The van der Waals surface area contributed by atoms with E-state index < -0.39 is 18.2 Å². The van der Waals surface area contributed by atoms with Gasteiger partial charge in [-0.15, -0.1) is 6.58 Å². The zero-order valence-corrected chi connectivity index (χ0v) is 9.12. The first-order valence-electron chi connectivity index (χ1n) is 3.89. The summed E-state index contributed by atoms with van der Waals surface area (Å²) >= 11 is 0. The van der Waals surface area contributed by atoms with E-state index in [4.69, 9.17) is 0 Å².